The molecule has 2 aromatic carbocycles. The summed E-state index contributed by atoms with van der Waals surface area (Å²) in [4.78, 5) is 17.2. The van der Waals surface area contributed by atoms with Crippen LogP contribution in [0.25, 0.3) is 0 Å². The minimum atomic E-state index is -0.588. The van der Waals surface area contributed by atoms with E-state index in [1.807, 2.05) is 66.4 Å². The van der Waals surface area contributed by atoms with Gasteiger partial charge >= 0.3 is 0 Å². The first kappa shape index (κ1) is 24.2. The van der Waals surface area contributed by atoms with E-state index in [0.717, 1.165) is 17.9 Å². The number of para-hydroxylation sites is 1. The largest absolute Gasteiger partial charge is 0.491 e. The van der Waals surface area contributed by atoms with Gasteiger partial charge in [-0.3, -0.25) is 9.69 Å². The molecule has 2 aromatic rings. The van der Waals surface area contributed by atoms with Gasteiger partial charge in [-0.2, -0.15) is 0 Å². The van der Waals surface area contributed by atoms with E-state index in [1.54, 1.807) is 0 Å². The summed E-state index contributed by atoms with van der Waals surface area (Å²) in [6.45, 7) is 10.3. The number of benzene rings is 2. The summed E-state index contributed by atoms with van der Waals surface area (Å²) in [7, 11) is 0. The minimum absolute atomic E-state index is 0.0377. The van der Waals surface area contributed by atoms with Gasteiger partial charge in [-0.1, -0.05) is 49.7 Å². The molecule has 0 spiro atoms. The first-order valence-electron chi connectivity index (χ1n) is 11.5. The SMILES string of the molecule is Cc1ccc(C(=O)N(CC(C)C)CC2CN(CC(O)COc3ccccc3)CCO2)cc1. The Bertz CT molecular complexity index is 825. The van der Waals surface area contributed by atoms with Crippen LogP contribution in [0, 0.1) is 12.8 Å². The zero-order valence-electron chi connectivity index (χ0n) is 19.4. The monoisotopic (exact) mass is 440 g/mol. The number of amides is 1. The fourth-order valence-corrected chi connectivity index (χ4v) is 3.92. The van der Waals surface area contributed by atoms with Crippen LogP contribution in [0.2, 0.25) is 0 Å². The van der Waals surface area contributed by atoms with E-state index < -0.39 is 6.10 Å². The minimum Gasteiger partial charge on any atom is -0.491 e. The van der Waals surface area contributed by atoms with Crippen molar-refractivity contribution in [1.29, 1.82) is 0 Å². The number of nitrogens with zero attached hydrogens (tertiary/aromatic N) is 2. The molecule has 6 nitrogen and oxygen atoms in total. The first-order chi connectivity index (χ1) is 15.4. The lowest BCUT2D eigenvalue weighted by atomic mass is 10.1. The normalized spacial score (nSPS) is 17.8. The zero-order valence-corrected chi connectivity index (χ0v) is 19.4. The van der Waals surface area contributed by atoms with Crippen molar-refractivity contribution in [3.63, 3.8) is 0 Å². The fraction of sp³-hybridized carbons (Fsp3) is 0.500. The molecule has 0 bridgehead atoms. The number of rotatable bonds is 10. The van der Waals surface area contributed by atoms with Crippen molar-refractivity contribution in [2.45, 2.75) is 33.0 Å². The van der Waals surface area contributed by atoms with Crippen LogP contribution in [0.3, 0.4) is 0 Å². The lowest BCUT2D eigenvalue weighted by Gasteiger charge is -2.37. The maximum Gasteiger partial charge on any atom is 0.253 e. The van der Waals surface area contributed by atoms with Gasteiger partial charge in [0.15, 0.2) is 0 Å². The van der Waals surface area contributed by atoms with Gasteiger partial charge in [0.25, 0.3) is 5.91 Å². The third-order valence-electron chi connectivity index (χ3n) is 5.47. The molecule has 1 aliphatic heterocycles. The Kier molecular flexibility index (Phi) is 9.09. The molecule has 2 atom stereocenters. The van der Waals surface area contributed by atoms with Crippen molar-refractivity contribution in [2.75, 3.05) is 45.9 Å². The highest BCUT2D eigenvalue weighted by molar-refractivity contribution is 5.94. The van der Waals surface area contributed by atoms with Gasteiger partial charge in [0.2, 0.25) is 0 Å². The van der Waals surface area contributed by atoms with Crippen molar-refractivity contribution in [2.24, 2.45) is 5.92 Å². The molecule has 1 aliphatic rings. The standard InChI is InChI=1S/C26H36N2O4/c1-20(2)15-28(26(30)22-11-9-21(3)10-12-22)18-25-17-27(13-14-31-25)16-23(29)19-32-24-7-5-4-6-8-24/h4-12,20,23,25,29H,13-19H2,1-3H3. The summed E-state index contributed by atoms with van der Waals surface area (Å²) in [5.74, 6) is 1.15. The Labute approximate surface area is 191 Å². The molecule has 1 amide bonds. The van der Waals surface area contributed by atoms with Crippen molar-refractivity contribution < 1.29 is 19.4 Å². The smallest absolute Gasteiger partial charge is 0.253 e. The van der Waals surface area contributed by atoms with Gasteiger partial charge < -0.3 is 19.5 Å². The summed E-state index contributed by atoms with van der Waals surface area (Å²) in [5.41, 5.74) is 1.84. The van der Waals surface area contributed by atoms with Crippen molar-refractivity contribution in [3.05, 3.63) is 65.7 Å². The molecule has 0 aliphatic carbocycles. The summed E-state index contributed by atoms with van der Waals surface area (Å²) < 4.78 is 11.7. The van der Waals surface area contributed by atoms with E-state index in [9.17, 15) is 9.90 Å². The van der Waals surface area contributed by atoms with Gasteiger partial charge in [-0.05, 0) is 37.1 Å². The van der Waals surface area contributed by atoms with Crippen molar-refractivity contribution in [1.82, 2.24) is 9.80 Å². The number of carbonyl (C=O) groups is 1. The maximum atomic E-state index is 13.1. The number of β-amino-alcohol motifs (C(OH)–C–C–N with tert-alkyl or cyclic N) is 1. The Balaban J connectivity index is 1.53. The number of aliphatic hydroxyl groups is 1. The molecule has 1 heterocycles. The lowest BCUT2D eigenvalue weighted by Crippen LogP contribution is -2.51. The summed E-state index contributed by atoms with van der Waals surface area (Å²) in [6, 6.07) is 17.2. The third kappa shape index (κ3) is 7.62. The van der Waals surface area contributed by atoms with Gasteiger partial charge in [0, 0.05) is 38.3 Å². The van der Waals surface area contributed by atoms with Crippen LogP contribution in [0.15, 0.2) is 54.6 Å². The molecule has 1 saturated heterocycles. The summed E-state index contributed by atoms with van der Waals surface area (Å²) in [6.07, 6.45) is -0.672. The van der Waals surface area contributed by atoms with Gasteiger partial charge in [-0.25, -0.2) is 0 Å². The molecule has 1 fully saturated rings. The second-order valence-electron chi connectivity index (χ2n) is 9.00. The van der Waals surface area contributed by atoms with E-state index >= 15 is 0 Å². The number of hydrogen-bond donors (Lipinski definition) is 1. The van der Waals surface area contributed by atoms with Crippen LogP contribution in [-0.2, 0) is 4.74 Å². The Morgan fingerprint density at radius 1 is 1.19 bits per heavy atom. The molecule has 2 unspecified atom stereocenters. The Morgan fingerprint density at radius 2 is 1.91 bits per heavy atom. The van der Waals surface area contributed by atoms with E-state index in [-0.39, 0.29) is 18.6 Å². The van der Waals surface area contributed by atoms with E-state index in [1.165, 1.54) is 0 Å². The van der Waals surface area contributed by atoms with Crippen LogP contribution in [0.5, 0.6) is 5.75 Å². The van der Waals surface area contributed by atoms with E-state index in [2.05, 4.69) is 18.7 Å². The molecule has 6 heteroatoms. The summed E-state index contributed by atoms with van der Waals surface area (Å²) in [5, 5.41) is 10.4. The quantitative estimate of drug-likeness (QED) is 0.615. The third-order valence-corrected chi connectivity index (χ3v) is 5.47. The molecule has 0 aromatic heterocycles. The number of aryl methyl sites for hydroxylation is 1. The lowest BCUT2D eigenvalue weighted by molar-refractivity contribution is -0.0542. The number of hydrogen-bond acceptors (Lipinski definition) is 5. The van der Waals surface area contributed by atoms with Gasteiger partial charge in [0.05, 0.1) is 12.7 Å². The molecular formula is C26H36N2O4. The van der Waals surface area contributed by atoms with Crippen LogP contribution < -0.4 is 4.74 Å². The van der Waals surface area contributed by atoms with Gasteiger partial charge in [-0.15, -0.1) is 0 Å². The molecule has 174 valence electrons. The van der Waals surface area contributed by atoms with Crippen LogP contribution in [-0.4, -0.2) is 79.0 Å². The van der Waals surface area contributed by atoms with Gasteiger partial charge in [0.1, 0.15) is 18.5 Å². The molecule has 3 rings (SSSR count). The number of morpholine rings is 1. The zero-order chi connectivity index (χ0) is 22.9. The van der Waals surface area contributed by atoms with Crippen LogP contribution in [0.4, 0.5) is 0 Å². The van der Waals surface area contributed by atoms with Crippen LogP contribution >= 0.6 is 0 Å². The first-order valence-corrected chi connectivity index (χ1v) is 11.5. The second-order valence-corrected chi connectivity index (χ2v) is 9.00. The van der Waals surface area contributed by atoms with E-state index in [0.29, 0.717) is 44.3 Å². The molecule has 0 saturated carbocycles. The highest BCUT2D eigenvalue weighted by Gasteiger charge is 2.27. The average molecular weight is 441 g/mol. The second kappa shape index (κ2) is 12.0. The number of carbonyl (C=O) groups excluding carboxylic acids is 1. The molecular weight excluding hydrogens is 404 g/mol. The number of aliphatic hydroxyl groups excluding tert-OH is 1. The predicted octanol–water partition coefficient (Wildman–Crippen LogP) is 3.23. The van der Waals surface area contributed by atoms with Crippen LogP contribution in [0.1, 0.15) is 29.8 Å². The van der Waals surface area contributed by atoms with Crippen molar-refractivity contribution in [3.8, 4) is 5.75 Å². The topological polar surface area (TPSA) is 62.2 Å². The average Bonchev–Trinajstić information content (AvgIpc) is 2.78. The Morgan fingerprint density at radius 3 is 2.59 bits per heavy atom. The number of ether oxygens (including phenoxy) is 2. The fourth-order valence-electron chi connectivity index (χ4n) is 3.92. The van der Waals surface area contributed by atoms with E-state index in [4.69, 9.17) is 9.47 Å². The summed E-state index contributed by atoms with van der Waals surface area (Å²) >= 11 is 0. The maximum absolute atomic E-state index is 13.1. The van der Waals surface area contributed by atoms with Crippen molar-refractivity contribution >= 4 is 5.91 Å². The molecule has 0 radical (unpaired) electrons. The Hall–Kier alpha value is -2.41. The predicted molar refractivity (Wildman–Crippen MR) is 126 cm³/mol. The molecule has 1 N–H and O–H groups in total. The highest BCUT2D eigenvalue weighted by Crippen LogP contribution is 2.14. The molecule has 32 heavy (non-hydrogen) atoms. The highest BCUT2D eigenvalue weighted by atomic mass is 16.5.